The molecule has 0 radical (unpaired) electrons. The maximum absolute atomic E-state index is 3.66. The van der Waals surface area contributed by atoms with E-state index in [0.717, 1.165) is 11.5 Å². The number of rotatable bonds is 4. The first-order valence-electron chi connectivity index (χ1n) is 5.13. The number of benzene rings is 1. The Morgan fingerprint density at radius 1 is 1.00 bits per heavy atom. The Morgan fingerprint density at radius 2 is 1.47 bits per heavy atom. The second kappa shape index (κ2) is 8.59. The summed E-state index contributed by atoms with van der Waals surface area (Å²) in [6.07, 6.45) is 0. The van der Waals surface area contributed by atoms with Crippen molar-refractivity contribution in [3.8, 4) is 22.3 Å². The lowest BCUT2D eigenvalue weighted by atomic mass is 10.2. The van der Waals surface area contributed by atoms with E-state index in [4.69, 9.17) is 0 Å². The first-order chi connectivity index (χ1) is 8.29. The number of halogens is 1. The fraction of sp³-hybridized carbons (Fsp3) is 0.286. The molecule has 0 saturated heterocycles. The van der Waals surface area contributed by atoms with Crippen LogP contribution in [0.4, 0.5) is 0 Å². The van der Waals surface area contributed by atoms with Gasteiger partial charge in [0.05, 0.1) is 0 Å². The van der Waals surface area contributed by atoms with Crippen LogP contribution < -0.4 is 0 Å². The SMILES string of the molecule is CC#CSCc1cccc(CSC#CC)c1Br. The molecule has 0 fully saturated rings. The molecule has 0 aromatic heterocycles. The predicted molar refractivity (Wildman–Crippen MR) is 83.6 cm³/mol. The lowest BCUT2D eigenvalue weighted by Gasteiger charge is -2.06. The van der Waals surface area contributed by atoms with Crippen molar-refractivity contribution < 1.29 is 0 Å². The van der Waals surface area contributed by atoms with Gasteiger partial charge >= 0.3 is 0 Å². The summed E-state index contributed by atoms with van der Waals surface area (Å²) in [6.45, 7) is 3.72. The van der Waals surface area contributed by atoms with Gasteiger partial charge in [-0.15, -0.1) is 0 Å². The summed E-state index contributed by atoms with van der Waals surface area (Å²) >= 11 is 6.93. The monoisotopic (exact) mass is 324 g/mol. The fourth-order valence-electron chi connectivity index (χ4n) is 1.23. The largest absolute Gasteiger partial charge is 0.0947 e. The second-order valence-corrected chi connectivity index (χ2v) is 5.53. The highest BCUT2D eigenvalue weighted by molar-refractivity contribution is 9.10. The van der Waals surface area contributed by atoms with Crippen LogP contribution in [0.25, 0.3) is 0 Å². The van der Waals surface area contributed by atoms with Crippen LogP contribution >= 0.6 is 39.5 Å². The number of hydrogen-bond acceptors (Lipinski definition) is 2. The Balaban J connectivity index is 2.73. The van der Waals surface area contributed by atoms with E-state index in [1.165, 1.54) is 15.6 Å². The van der Waals surface area contributed by atoms with Crippen LogP contribution in [-0.2, 0) is 11.5 Å². The van der Waals surface area contributed by atoms with E-state index in [2.05, 4.69) is 56.5 Å². The first-order valence-corrected chi connectivity index (χ1v) is 7.89. The van der Waals surface area contributed by atoms with Crippen molar-refractivity contribution in [3.05, 3.63) is 33.8 Å². The summed E-state index contributed by atoms with van der Waals surface area (Å²) in [5.41, 5.74) is 2.58. The average Bonchev–Trinajstić information content (AvgIpc) is 2.34. The molecule has 0 heterocycles. The fourth-order valence-corrected chi connectivity index (χ4v) is 3.37. The lowest BCUT2D eigenvalue weighted by Crippen LogP contribution is -1.88. The van der Waals surface area contributed by atoms with Crippen molar-refractivity contribution in [2.75, 3.05) is 0 Å². The molecule has 0 aliphatic rings. The molecule has 0 N–H and O–H groups in total. The Morgan fingerprint density at radius 3 is 1.88 bits per heavy atom. The highest BCUT2D eigenvalue weighted by Gasteiger charge is 2.04. The smallest absolute Gasteiger partial charge is 0.0319 e. The molecule has 0 atom stereocenters. The third kappa shape index (κ3) is 5.13. The molecule has 0 bridgehead atoms. The molecule has 0 aliphatic carbocycles. The zero-order valence-corrected chi connectivity index (χ0v) is 13.1. The topological polar surface area (TPSA) is 0 Å². The van der Waals surface area contributed by atoms with E-state index in [1.54, 1.807) is 23.5 Å². The van der Waals surface area contributed by atoms with Crippen molar-refractivity contribution in [1.29, 1.82) is 0 Å². The minimum absolute atomic E-state index is 0.916. The molecule has 0 nitrogen and oxygen atoms in total. The van der Waals surface area contributed by atoms with Crippen molar-refractivity contribution >= 4 is 39.5 Å². The third-order valence-corrected chi connectivity index (χ3v) is 4.59. The minimum atomic E-state index is 0.916. The molecule has 3 heteroatoms. The highest BCUT2D eigenvalue weighted by Crippen LogP contribution is 2.27. The molecule has 0 aliphatic heterocycles. The van der Waals surface area contributed by atoms with E-state index in [1.807, 2.05) is 13.8 Å². The summed E-state index contributed by atoms with van der Waals surface area (Å²) < 4.78 is 1.19. The van der Waals surface area contributed by atoms with Crippen LogP contribution in [0.5, 0.6) is 0 Å². The summed E-state index contributed by atoms with van der Waals surface area (Å²) in [7, 11) is 0. The average molecular weight is 325 g/mol. The van der Waals surface area contributed by atoms with Gasteiger partial charge in [0.2, 0.25) is 0 Å². The van der Waals surface area contributed by atoms with Crippen LogP contribution in [0, 0.1) is 22.3 Å². The summed E-state index contributed by atoms with van der Waals surface area (Å²) in [5, 5.41) is 6.03. The molecule has 1 rings (SSSR count). The van der Waals surface area contributed by atoms with Gasteiger partial charge in [0.25, 0.3) is 0 Å². The van der Waals surface area contributed by atoms with Gasteiger partial charge in [0.1, 0.15) is 0 Å². The van der Waals surface area contributed by atoms with E-state index in [0.29, 0.717) is 0 Å². The zero-order valence-electron chi connectivity index (χ0n) is 9.84. The van der Waals surface area contributed by atoms with E-state index >= 15 is 0 Å². The van der Waals surface area contributed by atoms with Gasteiger partial charge in [-0.25, -0.2) is 0 Å². The van der Waals surface area contributed by atoms with Crippen molar-refractivity contribution in [2.24, 2.45) is 0 Å². The van der Waals surface area contributed by atoms with Crippen LogP contribution in [0.1, 0.15) is 25.0 Å². The van der Waals surface area contributed by atoms with Crippen LogP contribution in [0.15, 0.2) is 22.7 Å². The minimum Gasteiger partial charge on any atom is -0.0947 e. The van der Waals surface area contributed by atoms with Gasteiger partial charge in [-0.05, 0) is 35.5 Å². The molecule has 17 heavy (non-hydrogen) atoms. The zero-order chi connectivity index (χ0) is 12.5. The van der Waals surface area contributed by atoms with E-state index in [-0.39, 0.29) is 0 Å². The van der Waals surface area contributed by atoms with Crippen molar-refractivity contribution in [3.63, 3.8) is 0 Å². The van der Waals surface area contributed by atoms with Crippen LogP contribution in [0.3, 0.4) is 0 Å². The maximum Gasteiger partial charge on any atom is 0.0319 e. The Labute approximate surface area is 120 Å². The van der Waals surface area contributed by atoms with Gasteiger partial charge in [0.15, 0.2) is 0 Å². The predicted octanol–water partition coefficient (Wildman–Crippen LogP) is 4.88. The molecule has 88 valence electrons. The molecule has 0 unspecified atom stereocenters. The van der Waals surface area contributed by atoms with Crippen molar-refractivity contribution in [2.45, 2.75) is 25.4 Å². The van der Waals surface area contributed by atoms with Gasteiger partial charge in [-0.3, -0.25) is 0 Å². The molecule has 0 amide bonds. The van der Waals surface area contributed by atoms with Gasteiger partial charge < -0.3 is 0 Å². The number of hydrogen-bond donors (Lipinski definition) is 0. The summed E-state index contributed by atoms with van der Waals surface area (Å²) in [5.74, 6) is 7.61. The normalized spacial score (nSPS) is 8.88. The standard InChI is InChI=1S/C14H13BrS2/c1-3-8-16-10-12-6-5-7-13(14(12)15)11-17-9-4-2/h5-7H,10-11H2,1-2H3. The van der Waals surface area contributed by atoms with Crippen LogP contribution in [-0.4, -0.2) is 0 Å². The van der Waals surface area contributed by atoms with E-state index in [9.17, 15) is 0 Å². The Bertz CT molecular complexity index is 444. The first kappa shape index (κ1) is 14.6. The maximum atomic E-state index is 3.66. The van der Waals surface area contributed by atoms with Gasteiger partial charge in [-0.2, -0.15) is 0 Å². The number of thioether (sulfide) groups is 2. The molecular weight excluding hydrogens is 312 g/mol. The van der Waals surface area contributed by atoms with Crippen molar-refractivity contribution in [1.82, 2.24) is 0 Å². The third-order valence-electron chi connectivity index (χ3n) is 1.96. The summed E-state index contributed by atoms with van der Waals surface area (Å²) in [4.78, 5) is 0. The van der Waals surface area contributed by atoms with Gasteiger partial charge in [-0.1, -0.05) is 69.5 Å². The quantitative estimate of drug-likeness (QED) is 0.724. The highest BCUT2D eigenvalue weighted by atomic mass is 79.9. The molecule has 0 saturated carbocycles. The Kier molecular flexibility index (Phi) is 7.37. The summed E-state index contributed by atoms with van der Waals surface area (Å²) in [6, 6.07) is 6.36. The molecule has 1 aromatic carbocycles. The molecular formula is C14H13BrS2. The van der Waals surface area contributed by atoms with Gasteiger partial charge in [0, 0.05) is 16.0 Å². The second-order valence-electron chi connectivity index (χ2n) is 3.17. The molecule has 1 aromatic rings. The van der Waals surface area contributed by atoms with E-state index < -0.39 is 0 Å². The molecule has 0 spiro atoms. The Hall–Kier alpha value is -0.480. The van der Waals surface area contributed by atoms with Crippen LogP contribution in [0.2, 0.25) is 0 Å². The lowest BCUT2D eigenvalue weighted by molar-refractivity contribution is 1.30.